The van der Waals surface area contributed by atoms with Crippen LogP contribution in [0.1, 0.15) is 27.5 Å². The number of benzene rings is 1. The van der Waals surface area contributed by atoms with Crippen molar-refractivity contribution in [2.24, 2.45) is 0 Å². The quantitative estimate of drug-likeness (QED) is 0.620. The van der Waals surface area contributed by atoms with Gasteiger partial charge in [0.15, 0.2) is 5.82 Å². The second-order valence-electron chi connectivity index (χ2n) is 7.69. The summed E-state index contributed by atoms with van der Waals surface area (Å²) in [5.41, 5.74) is 2.11. The van der Waals surface area contributed by atoms with Crippen molar-refractivity contribution in [1.29, 1.82) is 0 Å². The Morgan fingerprint density at radius 3 is 2.31 bits per heavy atom. The maximum Gasteiger partial charge on any atom is 0.263 e. The molecule has 168 valence electrons. The molecule has 0 saturated carbocycles. The molecule has 0 atom stereocenters. The molecule has 0 aliphatic carbocycles. The summed E-state index contributed by atoms with van der Waals surface area (Å²) in [5.74, 6) is 1.01. The van der Waals surface area contributed by atoms with Crippen molar-refractivity contribution >= 4 is 27.7 Å². The van der Waals surface area contributed by atoms with Crippen LogP contribution in [-0.2, 0) is 10.0 Å². The van der Waals surface area contributed by atoms with E-state index in [9.17, 15) is 13.2 Å². The number of aryl methyl sites for hydroxylation is 3. The number of sulfonamides is 1. The van der Waals surface area contributed by atoms with Crippen molar-refractivity contribution < 1.29 is 17.7 Å². The van der Waals surface area contributed by atoms with Crippen LogP contribution in [0.15, 0.2) is 45.8 Å². The van der Waals surface area contributed by atoms with Crippen LogP contribution in [0.3, 0.4) is 0 Å². The largest absolute Gasteiger partial charge is 0.360 e. The van der Waals surface area contributed by atoms with Gasteiger partial charge < -0.3 is 14.3 Å². The molecule has 1 N–H and O–H groups in total. The van der Waals surface area contributed by atoms with E-state index in [1.165, 1.54) is 18.2 Å². The summed E-state index contributed by atoms with van der Waals surface area (Å²) < 4.78 is 32.6. The molecule has 1 amide bonds. The van der Waals surface area contributed by atoms with Crippen molar-refractivity contribution in [1.82, 2.24) is 20.0 Å². The topological polar surface area (TPSA) is 122 Å². The molecule has 1 aliphatic rings. The smallest absolute Gasteiger partial charge is 0.263 e. The maximum absolute atomic E-state index is 13.0. The second-order valence-corrected chi connectivity index (χ2v) is 9.37. The SMILES string of the molecule is Cc1cc(C)nc(N2CCN(C(=O)c3cccc(S(=O)(=O)Nc4cc(C)on4)c3)CC2)n1. The van der Waals surface area contributed by atoms with Crippen molar-refractivity contribution in [3.63, 3.8) is 0 Å². The van der Waals surface area contributed by atoms with Crippen LogP contribution in [-0.4, -0.2) is 60.5 Å². The zero-order chi connectivity index (χ0) is 22.9. The number of hydrogen-bond donors (Lipinski definition) is 1. The van der Waals surface area contributed by atoms with Gasteiger partial charge in [-0.25, -0.2) is 18.4 Å². The van der Waals surface area contributed by atoms with Gasteiger partial charge in [0.1, 0.15) is 5.76 Å². The Morgan fingerprint density at radius 1 is 1.00 bits per heavy atom. The number of carbonyl (C=O) groups excluding carboxylic acids is 1. The Labute approximate surface area is 186 Å². The van der Waals surface area contributed by atoms with E-state index >= 15 is 0 Å². The van der Waals surface area contributed by atoms with Crippen molar-refractivity contribution in [3.8, 4) is 0 Å². The summed E-state index contributed by atoms with van der Waals surface area (Å²) in [4.78, 5) is 25.7. The standard InChI is InChI=1S/C21H24N6O4S/c1-14-11-15(2)23-21(22-14)27-9-7-26(8-10-27)20(28)17-5-4-6-18(13-17)32(29,30)25-19-12-16(3)31-24-19/h4-6,11-13H,7-10H2,1-3H3,(H,24,25). The summed E-state index contributed by atoms with van der Waals surface area (Å²) in [6.45, 7) is 7.69. The van der Waals surface area contributed by atoms with Crippen LogP contribution in [0.4, 0.5) is 11.8 Å². The molecule has 0 bridgehead atoms. The number of aromatic nitrogens is 3. The van der Waals surface area contributed by atoms with E-state index in [1.807, 2.05) is 19.9 Å². The fourth-order valence-electron chi connectivity index (χ4n) is 3.55. The fraction of sp³-hybridized carbons (Fsp3) is 0.333. The highest BCUT2D eigenvalue weighted by molar-refractivity contribution is 7.92. The minimum Gasteiger partial charge on any atom is -0.360 e. The minimum absolute atomic E-state index is 0.0220. The summed E-state index contributed by atoms with van der Waals surface area (Å²) in [6.07, 6.45) is 0. The van der Waals surface area contributed by atoms with Crippen molar-refractivity contribution in [2.75, 3.05) is 35.8 Å². The lowest BCUT2D eigenvalue weighted by molar-refractivity contribution is 0.0746. The highest BCUT2D eigenvalue weighted by Crippen LogP contribution is 2.19. The predicted octanol–water partition coefficient (Wildman–Crippen LogP) is 2.15. The summed E-state index contributed by atoms with van der Waals surface area (Å²) >= 11 is 0. The van der Waals surface area contributed by atoms with Crippen LogP contribution in [0.25, 0.3) is 0 Å². The van der Waals surface area contributed by atoms with Gasteiger partial charge in [-0.2, -0.15) is 0 Å². The van der Waals surface area contributed by atoms with Gasteiger partial charge in [-0.05, 0) is 45.0 Å². The van der Waals surface area contributed by atoms with Gasteiger partial charge in [0, 0.05) is 49.2 Å². The van der Waals surface area contributed by atoms with E-state index in [4.69, 9.17) is 4.52 Å². The molecule has 1 aliphatic heterocycles. The molecule has 11 heteroatoms. The summed E-state index contributed by atoms with van der Waals surface area (Å²) in [7, 11) is -3.91. The van der Waals surface area contributed by atoms with Gasteiger partial charge in [0.25, 0.3) is 15.9 Å². The highest BCUT2D eigenvalue weighted by Gasteiger charge is 2.25. The molecule has 3 aromatic rings. The Kier molecular flexibility index (Phi) is 5.83. The van der Waals surface area contributed by atoms with Crippen molar-refractivity contribution in [3.05, 3.63) is 59.1 Å². The Hall–Kier alpha value is -3.47. The molecule has 3 heterocycles. The van der Waals surface area contributed by atoms with Crippen LogP contribution in [0.2, 0.25) is 0 Å². The molecule has 1 fully saturated rings. The molecule has 0 spiro atoms. The van der Waals surface area contributed by atoms with Crippen LogP contribution in [0.5, 0.6) is 0 Å². The van der Waals surface area contributed by atoms with Crippen LogP contribution in [0, 0.1) is 20.8 Å². The number of nitrogens with one attached hydrogen (secondary N) is 1. The first-order chi connectivity index (χ1) is 15.2. The number of rotatable bonds is 5. The fourth-order valence-corrected chi connectivity index (χ4v) is 4.58. The lowest BCUT2D eigenvalue weighted by Crippen LogP contribution is -2.49. The van der Waals surface area contributed by atoms with Crippen LogP contribution >= 0.6 is 0 Å². The van der Waals surface area contributed by atoms with Gasteiger partial charge in [-0.3, -0.25) is 9.52 Å². The molecule has 0 unspecified atom stereocenters. The maximum atomic E-state index is 13.0. The van der Waals surface area contributed by atoms with Gasteiger partial charge in [0.2, 0.25) is 5.95 Å². The monoisotopic (exact) mass is 456 g/mol. The first-order valence-electron chi connectivity index (χ1n) is 10.1. The van der Waals surface area contributed by atoms with E-state index in [-0.39, 0.29) is 16.6 Å². The molecular weight excluding hydrogens is 432 g/mol. The molecule has 10 nitrogen and oxygen atoms in total. The zero-order valence-electron chi connectivity index (χ0n) is 18.1. The first kappa shape index (κ1) is 21.8. The molecule has 2 aromatic heterocycles. The number of carbonyl (C=O) groups is 1. The van der Waals surface area contributed by atoms with Gasteiger partial charge in [-0.15, -0.1) is 0 Å². The van der Waals surface area contributed by atoms with E-state index in [1.54, 1.807) is 24.0 Å². The first-order valence-corrected chi connectivity index (χ1v) is 11.6. The summed E-state index contributed by atoms with van der Waals surface area (Å²) in [5, 5.41) is 3.64. The molecular formula is C21H24N6O4S. The minimum atomic E-state index is -3.91. The predicted molar refractivity (Wildman–Crippen MR) is 118 cm³/mol. The molecule has 32 heavy (non-hydrogen) atoms. The third-order valence-electron chi connectivity index (χ3n) is 5.08. The zero-order valence-corrected chi connectivity index (χ0v) is 18.9. The van der Waals surface area contributed by atoms with E-state index in [0.29, 0.717) is 43.5 Å². The highest BCUT2D eigenvalue weighted by atomic mass is 32.2. The number of nitrogens with zero attached hydrogens (tertiary/aromatic N) is 5. The molecule has 0 radical (unpaired) electrons. The number of hydrogen-bond acceptors (Lipinski definition) is 8. The molecule has 1 aromatic carbocycles. The van der Waals surface area contributed by atoms with E-state index in [2.05, 4.69) is 24.7 Å². The average Bonchev–Trinajstić information content (AvgIpc) is 3.16. The molecule has 1 saturated heterocycles. The average molecular weight is 457 g/mol. The Balaban J connectivity index is 1.45. The van der Waals surface area contributed by atoms with Crippen LogP contribution < -0.4 is 9.62 Å². The number of amides is 1. The number of anilines is 2. The third kappa shape index (κ3) is 4.72. The second kappa shape index (κ2) is 8.58. The van der Waals surface area contributed by atoms with Gasteiger partial charge >= 0.3 is 0 Å². The Morgan fingerprint density at radius 2 is 1.69 bits per heavy atom. The lowest BCUT2D eigenvalue weighted by atomic mass is 10.2. The van der Waals surface area contributed by atoms with E-state index < -0.39 is 10.0 Å². The van der Waals surface area contributed by atoms with E-state index in [0.717, 1.165) is 11.4 Å². The number of piperazine rings is 1. The van der Waals surface area contributed by atoms with Gasteiger partial charge in [-0.1, -0.05) is 11.2 Å². The normalized spacial score (nSPS) is 14.5. The third-order valence-corrected chi connectivity index (χ3v) is 6.43. The lowest BCUT2D eigenvalue weighted by Gasteiger charge is -2.35. The van der Waals surface area contributed by atoms with Crippen molar-refractivity contribution in [2.45, 2.75) is 25.7 Å². The Bertz CT molecular complexity index is 1230. The summed E-state index contributed by atoms with van der Waals surface area (Å²) in [6, 6.07) is 9.36. The molecule has 4 rings (SSSR count). The van der Waals surface area contributed by atoms with Gasteiger partial charge in [0.05, 0.1) is 4.90 Å².